The van der Waals surface area contributed by atoms with Crippen LogP contribution in [-0.2, 0) is 4.74 Å². The van der Waals surface area contributed by atoms with E-state index < -0.39 is 18.7 Å². The van der Waals surface area contributed by atoms with Crippen molar-refractivity contribution in [1.29, 1.82) is 0 Å². The van der Waals surface area contributed by atoms with Crippen molar-refractivity contribution in [3.8, 4) is 0 Å². The normalized spacial score (nSPS) is 11.4. The number of aromatic nitrogens is 1. The number of anilines is 2. The minimum Gasteiger partial charge on any atom is -0.465 e. The molecule has 5 nitrogen and oxygen atoms in total. The number of halogens is 3. The molecule has 17 heavy (non-hydrogen) atoms. The molecular formula is C8H10F3N3O2S. The van der Waals surface area contributed by atoms with Gasteiger partial charge >= 0.3 is 12.1 Å². The molecule has 0 bridgehead atoms. The Bertz CT molecular complexity index is 419. The van der Waals surface area contributed by atoms with Crippen LogP contribution in [0.5, 0.6) is 0 Å². The molecule has 1 aromatic heterocycles. The smallest absolute Gasteiger partial charge is 0.405 e. The summed E-state index contributed by atoms with van der Waals surface area (Å²) in [7, 11) is 2.32. The first-order chi connectivity index (χ1) is 7.76. The number of hydrogen-bond donors (Lipinski definition) is 1. The van der Waals surface area contributed by atoms with Crippen molar-refractivity contribution in [1.82, 2.24) is 4.37 Å². The fourth-order valence-corrected chi connectivity index (χ4v) is 1.95. The highest BCUT2D eigenvalue weighted by molar-refractivity contribution is 7.11. The number of nitrogen functional groups attached to an aromatic ring is 1. The molecule has 0 unspecified atom stereocenters. The van der Waals surface area contributed by atoms with E-state index >= 15 is 0 Å². The topological polar surface area (TPSA) is 68.5 Å². The maximum absolute atomic E-state index is 12.2. The van der Waals surface area contributed by atoms with Crippen LogP contribution in [-0.4, -0.2) is 37.2 Å². The summed E-state index contributed by atoms with van der Waals surface area (Å²) < 4.78 is 44.7. The minimum atomic E-state index is -4.37. The van der Waals surface area contributed by atoms with Crippen LogP contribution < -0.4 is 10.6 Å². The molecule has 1 heterocycles. The molecule has 96 valence electrons. The first kappa shape index (κ1) is 13.6. The molecule has 0 fully saturated rings. The van der Waals surface area contributed by atoms with Gasteiger partial charge in [0.1, 0.15) is 17.1 Å². The van der Waals surface area contributed by atoms with Gasteiger partial charge in [-0.15, -0.1) is 0 Å². The van der Waals surface area contributed by atoms with Crippen molar-refractivity contribution in [2.45, 2.75) is 6.18 Å². The summed E-state index contributed by atoms with van der Waals surface area (Å²) in [5, 5.41) is 0.0340. The Morgan fingerprint density at radius 3 is 2.65 bits per heavy atom. The second kappa shape index (κ2) is 4.78. The van der Waals surface area contributed by atoms with Crippen LogP contribution in [0.4, 0.5) is 24.0 Å². The van der Waals surface area contributed by atoms with Gasteiger partial charge in [-0.1, -0.05) is 0 Å². The van der Waals surface area contributed by atoms with Gasteiger partial charge in [0.2, 0.25) is 0 Å². The van der Waals surface area contributed by atoms with Crippen LogP contribution >= 0.6 is 11.5 Å². The van der Waals surface area contributed by atoms with Crippen molar-refractivity contribution in [2.24, 2.45) is 0 Å². The van der Waals surface area contributed by atoms with Gasteiger partial charge in [0.05, 0.1) is 7.11 Å². The van der Waals surface area contributed by atoms with Crippen molar-refractivity contribution < 1.29 is 22.7 Å². The molecular weight excluding hydrogens is 259 g/mol. The average molecular weight is 269 g/mol. The third-order valence-electron chi connectivity index (χ3n) is 1.85. The van der Waals surface area contributed by atoms with Gasteiger partial charge in [-0.05, 0) is 11.5 Å². The Morgan fingerprint density at radius 2 is 2.18 bits per heavy atom. The van der Waals surface area contributed by atoms with E-state index in [9.17, 15) is 18.0 Å². The number of ether oxygens (including phenoxy) is 1. The first-order valence-corrected chi connectivity index (χ1v) is 5.15. The lowest BCUT2D eigenvalue weighted by atomic mass is 10.3. The summed E-state index contributed by atoms with van der Waals surface area (Å²) in [6.07, 6.45) is -4.37. The number of hydrogen-bond acceptors (Lipinski definition) is 6. The SMILES string of the molecule is COC(=O)c1c(N)nsc1N(C)CC(F)(F)F. The zero-order chi connectivity index (χ0) is 13.2. The van der Waals surface area contributed by atoms with Gasteiger partial charge < -0.3 is 15.4 Å². The number of methoxy groups -OCH3 is 1. The van der Waals surface area contributed by atoms with Crippen LogP contribution in [0.15, 0.2) is 0 Å². The fraction of sp³-hybridized carbons (Fsp3) is 0.500. The summed E-state index contributed by atoms with van der Waals surface area (Å²) in [5.74, 6) is -0.939. The maximum Gasteiger partial charge on any atom is 0.405 e. The van der Waals surface area contributed by atoms with Crippen molar-refractivity contribution in [2.75, 3.05) is 31.3 Å². The Labute approximate surface area is 99.1 Å². The number of alkyl halides is 3. The molecule has 0 radical (unpaired) electrons. The number of nitrogens with zero attached hydrogens (tertiary/aromatic N) is 2. The van der Waals surface area contributed by atoms with E-state index in [2.05, 4.69) is 9.11 Å². The summed E-state index contributed by atoms with van der Waals surface area (Å²) in [6.45, 7) is -1.20. The molecule has 0 saturated heterocycles. The molecule has 0 spiro atoms. The lowest BCUT2D eigenvalue weighted by Gasteiger charge is -2.19. The minimum absolute atomic E-state index is 0.0340. The molecule has 0 aliphatic carbocycles. The van der Waals surface area contributed by atoms with Gasteiger partial charge in [0.15, 0.2) is 5.82 Å². The Kier molecular flexibility index (Phi) is 3.81. The van der Waals surface area contributed by atoms with Gasteiger partial charge in [0.25, 0.3) is 0 Å². The fourth-order valence-electron chi connectivity index (χ4n) is 1.19. The quantitative estimate of drug-likeness (QED) is 0.842. The van der Waals surface area contributed by atoms with E-state index in [1.165, 1.54) is 7.05 Å². The predicted octanol–water partition coefficient (Wildman–Crippen LogP) is 1.51. The van der Waals surface area contributed by atoms with E-state index in [1.807, 2.05) is 0 Å². The Balaban J connectivity index is 3.02. The van der Waals surface area contributed by atoms with E-state index in [0.29, 0.717) is 0 Å². The lowest BCUT2D eigenvalue weighted by Crippen LogP contribution is -2.31. The highest BCUT2D eigenvalue weighted by Gasteiger charge is 2.32. The molecule has 0 aliphatic heterocycles. The molecule has 0 atom stereocenters. The second-order valence-electron chi connectivity index (χ2n) is 3.21. The molecule has 0 amide bonds. The third-order valence-corrected chi connectivity index (χ3v) is 2.83. The monoisotopic (exact) mass is 269 g/mol. The molecule has 9 heteroatoms. The van der Waals surface area contributed by atoms with Crippen LogP contribution in [0.2, 0.25) is 0 Å². The predicted molar refractivity (Wildman–Crippen MR) is 57.2 cm³/mol. The maximum atomic E-state index is 12.2. The van der Waals surface area contributed by atoms with Crippen LogP contribution in [0.3, 0.4) is 0 Å². The number of carbonyl (C=O) groups is 1. The van der Waals surface area contributed by atoms with Crippen LogP contribution in [0, 0.1) is 0 Å². The van der Waals surface area contributed by atoms with Gasteiger partial charge in [-0.25, -0.2) is 4.79 Å². The molecule has 0 saturated carbocycles. The summed E-state index contributed by atoms with van der Waals surface area (Å²) in [5.41, 5.74) is 5.28. The average Bonchev–Trinajstić information content (AvgIpc) is 2.56. The number of esters is 1. The lowest BCUT2D eigenvalue weighted by molar-refractivity contribution is -0.119. The van der Waals surface area contributed by atoms with Gasteiger partial charge in [-0.2, -0.15) is 17.5 Å². The van der Waals surface area contributed by atoms with Crippen LogP contribution in [0.25, 0.3) is 0 Å². The van der Waals surface area contributed by atoms with Crippen molar-refractivity contribution >= 4 is 28.3 Å². The second-order valence-corrected chi connectivity index (χ2v) is 3.96. The molecule has 1 rings (SSSR count). The van der Waals surface area contributed by atoms with Gasteiger partial charge in [0, 0.05) is 7.05 Å². The standard InChI is InChI=1S/C8H10F3N3O2S/c1-14(3-8(9,10)11)6-4(7(15)16-2)5(12)13-17-6/h3H2,1-2H3,(H2,12,13). The van der Waals surface area contributed by atoms with E-state index in [4.69, 9.17) is 5.73 Å². The molecule has 0 aromatic carbocycles. The van der Waals surface area contributed by atoms with Gasteiger partial charge in [-0.3, -0.25) is 0 Å². The number of rotatable bonds is 3. The third kappa shape index (κ3) is 3.22. The highest BCUT2D eigenvalue weighted by Crippen LogP contribution is 2.32. The molecule has 0 aliphatic rings. The number of nitrogens with two attached hydrogens (primary N) is 1. The van der Waals surface area contributed by atoms with Crippen LogP contribution in [0.1, 0.15) is 10.4 Å². The summed E-state index contributed by atoms with van der Waals surface area (Å²) >= 11 is 0.719. The van der Waals surface area contributed by atoms with Crippen molar-refractivity contribution in [3.63, 3.8) is 0 Å². The summed E-state index contributed by atoms with van der Waals surface area (Å²) in [4.78, 5) is 12.2. The van der Waals surface area contributed by atoms with Crippen molar-refractivity contribution in [3.05, 3.63) is 5.56 Å². The van der Waals surface area contributed by atoms with E-state index in [0.717, 1.165) is 23.5 Å². The zero-order valence-electron chi connectivity index (χ0n) is 9.04. The molecule has 2 N–H and O–H groups in total. The van der Waals surface area contributed by atoms with E-state index in [-0.39, 0.29) is 16.4 Å². The first-order valence-electron chi connectivity index (χ1n) is 4.37. The molecule has 1 aromatic rings. The number of carbonyl (C=O) groups excluding carboxylic acids is 1. The summed E-state index contributed by atoms with van der Waals surface area (Å²) in [6, 6.07) is 0. The zero-order valence-corrected chi connectivity index (χ0v) is 9.85. The Morgan fingerprint density at radius 1 is 1.59 bits per heavy atom. The largest absolute Gasteiger partial charge is 0.465 e. The van der Waals surface area contributed by atoms with E-state index in [1.54, 1.807) is 0 Å². The highest BCUT2D eigenvalue weighted by atomic mass is 32.1. The Hall–Kier alpha value is -1.51.